The number of hydrogen-bond acceptors (Lipinski definition) is 5. The van der Waals surface area contributed by atoms with E-state index in [9.17, 15) is 4.79 Å². The van der Waals surface area contributed by atoms with E-state index in [2.05, 4.69) is 31.6 Å². The molecule has 0 unspecified atom stereocenters. The lowest BCUT2D eigenvalue weighted by Crippen LogP contribution is -2.38. The van der Waals surface area contributed by atoms with Crippen molar-refractivity contribution >= 4 is 5.91 Å². The van der Waals surface area contributed by atoms with Gasteiger partial charge in [0.1, 0.15) is 17.3 Å². The molecule has 0 bridgehead atoms. The van der Waals surface area contributed by atoms with Gasteiger partial charge in [-0.15, -0.1) is 10.2 Å². The molecule has 0 aromatic carbocycles. The average Bonchev–Trinajstić information content (AvgIpc) is 3.03. The molecule has 7 nitrogen and oxygen atoms in total. The largest absolute Gasteiger partial charge is 0.337 e. The highest BCUT2D eigenvalue weighted by Gasteiger charge is 2.28. The molecule has 1 aliphatic heterocycles. The van der Waals surface area contributed by atoms with Crippen molar-refractivity contribution in [2.75, 3.05) is 27.2 Å². The minimum atomic E-state index is 0.0179. The average molecular weight is 342 g/mol. The standard InChI is InChI=1S/C18H26N6O/c1-4-24-16(13-22(2)3)20-21-17(24)14-8-11-23(12-9-14)18(25)15-7-5-6-10-19-15/h5-7,10,14H,4,8-9,11-13H2,1-3H3. The molecule has 0 aliphatic carbocycles. The Kier molecular flexibility index (Phi) is 5.43. The maximum Gasteiger partial charge on any atom is 0.272 e. The number of rotatable bonds is 5. The fourth-order valence-electron chi connectivity index (χ4n) is 3.39. The number of aromatic nitrogens is 4. The van der Waals surface area contributed by atoms with Crippen LogP contribution >= 0.6 is 0 Å². The minimum absolute atomic E-state index is 0.0179. The second kappa shape index (κ2) is 7.74. The van der Waals surface area contributed by atoms with Gasteiger partial charge in [-0.25, -0.2) is 0 Å². The third kappa shape index (κ3) is 3.87. The van der Waals surface area contributed by atoms with Crippen LogP contribution < -0.4 is 0 Å². The van der Waals surface area contributed by atoms with E-state index >= 15 is 0 Å². The highest BCUT2D eigenvalue weighted by Crippen LogP contribution is 2.28. The Bertz CT molecular complexity index is 704. The summed E-state index contributed by atoms with van der Waals surface area (Å²) in [6, 6.07) is 5.45. The maximum atomic E-state index is 12.5. The van der Waals surface area contributed by atoms with Crippen molar-refractivity contribution in [2.24, 2.45) is 0 Å². The van der Waals surface area contributed by atoms with Gasteiger partial charge in [0, 0.05) is 31.7 Å². The minimum Gasteiger partial charge on any atom is -0.337 e. The van der Waals surface area contributed by atoms with E-state index in [4.69, 9.17) is 0 Å². The lowest BCUT2D eigenvalue weighted by molar-refractivity contribution is 0.0704. The molecule has 2 aromatic rings. The lowest BCUT2D eigenvalue weighted by Gasteiger charge is -2.31. The number of piperidine rings is 1. The molecule has 3 rings (SSSR count). The third-order valence-corrected chi connectivity index (χ3v) is 4.66. The first-order valence-corrected chi connectivity index (χ1v) is 8.87. The van der Waals surface area contributed by atoms with Gasteiger partial charge >= 0.3 is 0 Å². The van der Waals surface area contributed by atoms with E-state index in [1.54, 1.807) is 12.3 Å². The zero-order valence-electron chi connectivity index (χ0n) is 15.2. The smallest absolute Gasteiger partial charge is 0.272 e. The first-order valence-electron chi connectivity index (χ1n) is 8.87. The molecule has 7 heteroatoms. The van der Waals surface area contributed by atoms with E-state index in [0.29, 0.717) is 11.6 Å². The first-order chi connectivity index (χ1) is 12.1. The van der Waals surface area contributed by atoms with Gasteiger partial charge < -0.3 is 14.4 Å². The first kappa shape index (κ1) is 17.5. The summed E-state index contributed by atoms with van der Waals surface area (Å²) < 4.78 is 2.22. The van der Waals surface area contributed by atoms with Gasteiger partial charge in [-0.1, -0.05) is 6.07 Å². The Labute approximate surface area is 148 Å². The summed E-state index contributed by atoms with van der Waals surface area (Å²) in [5, 5.41) is 8.85. The highest BCUT2D eigenvalue weighted by molar-refractivity contribution is 5.92. The van der Waals surface area contributed by atoms with Crippen LogP contribution in [0.25, 0.3) is 0 Å². The number of carbonyl (C=O) groups excluding carboxylic acids is 1. The van der Waals surface area contributed by atoms with Crippen molar-refractivity contribution in [1.29, 1.82) is 0 Å². The van der Waals surface area contributed by atoms with E-state index in [0.717, 1.165) is 50.7 Å². The van der Waals surface area contributed by atoms with Gasteiger partial charge in [0.25, 0.3) is 5.91 Å². The second-order valence-electron chi connectivity index (χ2n) is 6.74. The molecule has 1 aliphatic rings. The summed E-state index contributed by atoms with van der Waals surface area (Å²) in [6.07, 6.45) is 3.49. The summed E-state index contributed by atoms with van der Waals surface area (Å²) >= 11 is 0. The molecule has 25 heavy (non-hydrogen) atoms. The molecule has 1 fully saturated rings. The predicted molar refractivity (Wildman–Crippen MR) is 95.2 cm³/mol. The van der Waals surface area contributed by atoms with E-state index < -0.39 is 0 Å². The summed E-state index contributed by atoms with van der Waals surface area (Å²) in [5.74, 6) is 2.44. The Morgan fingerprint density at radius 2 is 2.00 bits per heavy atom. The van der Waals surface area contributed by atoms with Crippen LogP contribution in [-0.2, 0) is 13.1 Å². The Hall–Kier alpha value is -2.28. The monoisotopic (exact) mass is 342 g/mol. The lowest BCUT2D eigenvalue weighted by atomic mass is 9.95. The molecule has 1 amide bonds. The van der Waals surface area contributed by atoms with Crippen molar-refractivity contribution in [2.45, 2.75) is 38.8 Å². The van der Waals surface area contributed by atoms with Gasteiger partial charge in [-0.3, -0.25) is 9.78 Å². The molecular formula is C18H26N6O. The summed E-state index contributed by atoms with van der Waals surface area (Å²) in [5.41, 5.74) is 0.519. The topological polar surface area (TPSA) is 67.2 Å². The summed E-state index contributed by atoms with van der Waals surface area (Å²) in [7, 11) is 4.08. The predicted octanol–water partition coefficient (Wildman–Crippen LogP) is 1.77. The van der Waals surface area contributed by atoms with E-state index in [1.165, 1.54) is 0 Å². The second-order valence-corrected chi connectivity index (χ2v) is 6.74. The van der Waals surface area contributed by atoms with Crippen LogP contribution in [0.15, 0.2) is 24.4 Å². The van der Waals surface area contributed by atoms with Crippen molar-refractivity contribution in [3.63, 3.8) is 0 Å². The molecule has 0 atom stereocenters. The molecule has 3 heterocycles. The molecule has 2 aromatic heterocycles. The summed E-state index contributed by atoms with van der Waals surface area (Å²) in [6.45, 7) is 5.27. The number of nitrogens with zero attached hydrogens (tertiary/aromatic N) is 6. The van der Waals surface area contributed by atoms with Crippen molar-refractivity contribution in [3.8, 4) is 0 Å². The fraction of sp³-hybridized carbons (Fsp3) is 0.556. The molecule has 0 spiro atoms. The number of pyridine rings is 1. The van der Waals surface area contributed by atoms with Gasteiger partial charge in [0.05, 0.1) is 6.54 Å². The van der Waals surface area contributed by atoms with Crippen molar-refractivity contribution < 1.29 is 4.79 Å². The fourth-order valence-corrected chi connectivity index (χ4v) is 3.39. The Morgan fingerprint density at radius 1 is 1.24 bits per heavy atom. The normalized spacial score (nSPS) is 15.8. The van der Waals surface area contributed by atoms with Gasteiger partial charge in [-0.2, -0.15) is 0 Å². The molecule has 1 saturated heterocycles. The van der Waals surface area contributed by atoms with Crippen LogP contribution in [0.2, 0.25) is 0 Å². The third-order valence-electron chi connectivity index (χ3n) is 4.66. The van der Waals surface area contributed by atoms with Crippen molar-refractivity contribution in [1.82, 2.24) is 29.5 Å². The zero-order chi connectivity index (χ0) is 17.8. The SMILES string of the molecule is CCn1c(CN(C)C)nnc1C1CCN(C(=O)c2ccccn2)CC1. The van der Waals surface area contributed by atoms with Gasteiger partial charge in [0.15, 0.2) is 0 Å². The Balaban J connectivity index is 1.66. The van der Waals surface area contributed by atoms with E-state index in [-0.39, 0.29) is 5.91 Å². The molecule has 0 radical (unpaired) electrons. The van der Waals surface area contributed by atoms with Crippen LogP contribution in [0.4, 0.5) is 0 Å². The quantitative estimate of drug-likeness (QED) is 0.828. The zero-order valence-corrected chi connectivity index (χ0v) is 15.2. The van der Waals surface area contributed by atoms with Crippen LogP contribution in [-0.4, -0.2) is 62.6 Å². The summed E-state index contributed by atoms with van der Waals surface area (Å²) in [4.78, 5) is 20.7. The number of hydrogen-bond donors (Lipinski definition) is 0. The highest BCUT2D eigenvalue weighted by atomic mass is 16.2. The number of amides is 1. The van der Waals surface area contributed by atoms with Gasteiger partial charge in [0.2, 0.25) is 0 Å². The molecule has 134 valence electrons. The number of likely N-dealkylation sites (tertiary alicyclic amines) is 1. The van der Waals surface area contributed by atoms with Gasteiger partial charge in [-0.05, 0) is 46.0 Å². The molecular weight excluding hydrogens is 316 g/mol. The van der Waals surface area contributed by atoms with Crippen LogP contribution in [0.1, 0.15) is 47.8 Å². The number of carbonyl (C=O) groups is 1. The van der Waals surface area contributed by atoms with Crippen LogP contribution in [0.3, 0.4) is 0 Å². The molecule has 0 N–H and O–H groups in total. The van der Waals surface area contributed by atoms with E-state index in [1.807, 2.05) is 31.1 Å². The van der Waals surface area contributed by atoms with Crippen molar-refractivity contribution in [3.05, 3.63) is 41.7 Å². The van der Waals surface area contributed by atoms with Crippen LogP contribution in [0.5, 0.6) is 0 Å². The van der Waals surface area contributed by atoms with Crippen LogP contribution in [0, 0.1) is 0 Å². The maximum absolute atomic E-state index is 12.5. The molecule has 0 saturated carbocycles. The Morgan fingerprint density at radius 3 is 2.60 bits per heavy atom.